The summed E-state index contributed by atoms with van der Waals surface area (Å²) in [4.78, 5) is 28.1. The second-order valence-corrected chi connectivity index (χ2v) is 10.9. The summed E-state index contributed by atoms with van der Waals surface area (Å²) in [6.07, 6.45) is 6.17. The van der Waals surface area contributed by atoms with E-state index >= 15 is 0 Å². The van der Waals surface area contributed by atoms with Gasteiger partial charge in [0.25, 0.3) is 17.0 Å². The van der Waals surface area contributed by atoms with Gasteiger partial charge in [-0.2, -0.15) is 0 Å². The van der Waals surface area contributed by atoms with Crippen LogP contribution in [0.25, 0.3) is 11.0 Å². The molecule has 5 rings (SSSR count). The number of aromatic nitrogens is 3. The highest BCUT2D eigenvalue weighted by Gasteiger charge is 2.27. The number of fused-ring (bicyclic) bond motifs is 2. The van der Waals surface area contributed by atoms with Gasteiger partial charge in [-0.25, -0.2) is 18.7 Å². The van der Waals surface area contributed by atoms with Gasteiger partial charge in [-0.05, 0) is 63.1 Å². The number of ether oxygens (including phenoxy) is 1. The number of aromatic amines is 1. The fourth-order valence-electron chi connectivity index (χ4n) is 4.94. The lowest BCUT2D eigenvalue weighted by atomic mass is 9.84. The van der Waals surface area contributed by atoms with Crippen LogP contribution in [0.2, 0.25) is 0 Å². The average Bonchev–Trinajstić information content (AvgIpc) is 3.45. The minimum absolute atomic E-state index is 0.136. The van der Waals surface area contributed by atoms with Gasteiger partial charge in [0.1, 0.15) is 0 Å². The van der Waals surface area contributed by atoms with Gasteiger partial charge in [-0.15, -0.1) is 0 Å². The molecule has 2 aromatic heterocycles. The number of alkyl halides is 2. The smallest absolute Gasteiger partial charge is 0.287 e. The molecule has 1 amide bonds. The van der Waals surface area contributed by atoms with Crippen molar-refractivity contribution in [3.63, 3.8) is 0 Å². The van der Waals surface area contributed by atoms with E-state index in [2.05, 4.69) is 25.2 Å². The van der Waals surface area contributed by atoms with Crippen molar-refractivity contribution in [2.24, 2.45) is 5.92 Å². The molecular weight excluding hydrogens is 472 g/mol. The van der Waals surface area contributed by atoms with Crippen molar-refractivity contribution >= 4 is 28.3 Å². The molecular formula is C25H31F2N5O2S. The molecule has 2 N–H and O–H groups in total. The minimum atomic E-state index is -2.85. The maximum atomic E-state index is 13.1. The first-order chi connectivity index (χ1) is 16.8. The quantitative estimate of drug-likeness (QED) is 0.462. The molecule has 0 bridgehead atoms. The van der Waals surface area contributed by atoms with E-state index in [0.717, 1.165) is 86.7 Å². The summed E-state index contributed by atoms with van der Waals surface area (Å²) in [7, 11) is 0. The van der Waals surface area contributed by atoms with E-state index in [1.165, 1.54) is 11.3 Å². The van der Waals surface area contributed by atoms with Gasteiger partial charge < -0.3 is 15.0 Å². The molecule has 1 aliphatic carbocycles. The Kier molecular flexibility index (Phi) is 7.02. The molecule has 1 aromatic carbocycles. The van der Waals surface area contributed by atoms with Crippen LogP contribution >= 0.6 is 11.3 Å². The number of carbonyl (C=O) groups excluding carboxylic acids is 1. The molecule has 35 heavy (non-hydrogen) atoms. The first-order valence-corrected chi connectivity index (χ1v) is 13.1. The highest BCUT2D eigenvalue weighted by molar-refractivity contribution is 7.13. The monoisotopic (exact) mass is 503 g/mol. The van der Waals surface area contributed by atoms with E-state index in [1.807, 2.05) is 24.3 Å². The number of halogens is 2. The highest BCUT2D eigenvalue weighted by Crippen LogP contribution is 2.32. The van der Waals surface area contributed by atoms with Crippen LogP contribution in [0.4, 0.5) is 8.78 Å². The molecule has 0 spiro atoms. The first-order valence-electron chi connectivity index (χ1n) is 12.3. The van der Waals surface area contributed by atoms with E-state index in [9.17, 15) is 13.6 Å². The number of carbonyl (C=O) groups is 1. The number of imidazole rings is 1. The molecule has 0 saturated heterocycles. The summed E-state index contributed by atoms with van der Waals surface area (Å²) in [6, 6.07) is 7.84. The van der Waals surface area contributed by atoms with Gasteiger partial charge in [-0.3, -0.25) is 9.69 Å². The predicted octanol–water partition coefficient (Wildman–Crippen LogP) is 4.79. The Morgan fingerprint density at radius 3 is 2.83 bits per heavy atom. The van der Waals surface area contributed by atoms with Gasteiger partial charge in [0.05, 0.1) is 16.7 Å². The van der Waals surface area contributed by atoms with Gasteiger partial charge >= 0.3 is 0 Å². The van der Waals surface area contributed by atoms with Gasteiger partial charge in [0.15, 0.2) is 12.4 Å². The first kappa shape index (κ1) is 24.1. The molecule has 7 nitrogen and oxygen atoms in total. The third-order valence-electron chi connectivity index (χ3n) is 6.88. The van der Waals surface area contributed by atoms with E-state index in [4.69, 9.17) is 4.74 Å². The third-order valence-corrected chi connectivity index (χ3v) is 7.95. The molecule has 0 radical (unpaired) electrons. The van der Waals surface area contributed by atoms with Crippen LogP contribution in [0.1, 0.15) is 60.2 Å². The van der Waals surface area contributed by atoms with Crippen molar-refractivity contribution < 1.29 is 18.3 Å². The van der Waals surface area contributed by atoms with E-state index in [-0.39, 0.29) is 11.9 Å². The Bertz CT molecular complexity index is 1130. The van der Waals surface area contributed by atoms with Gasteiger partial charge in [0.2, 0.25) is 0 Å². The zero-order chi connectivity index (χ0) is 24.4. The molecule has 0 unspecified atom stereocenters. The molecule has 1 fully saturated rings. The molecule has 2 aliphatic rings. The van der Waals surface area contributed by atoms with Gasteiger partial charge in [0, 0.05) is 30.9 Å². The number of para-hydroxylation sites is 2. The third kappa shape index (κ3) is 6.16. The minimum Gasteiger partial charge on any atom is -0.464 e. The Morgan fingerprint density at radius 2 is 2.06 bits per heavy atom. The number of amides is 1. The Balaban J connectivity index is 1.04. The lowest BCUT2D eigenvalue weighted by Crippen LogP contribution is -2.38. The summed E-state index contributed by atoms with van der Waals surface area (Å²) in [5, 5.41) is 3.49. The largest absolute Gasteiger partial charge is 0.464 e. The topological polar surface area (TPSA) is 83.1 Å². The van der Waals surface area contributed by atoms with Crippen molar-refractivity contribution in [2.45, 2.75) is 64.0 Å². The van der Waals surface area contributed by atoms with Crippen LogP contribution < -0.4 is 10.1 Å². The fourth-order valence-corrected chi connectivity index (χ4v) is 5.85. The standard InChI is InChI=1S/C25H31F2N5O2S/c1-25(26,27)15-34-24-31-20-14-32(13-11-21(20)35-24)12-10-16-6-8-17(9-7-16)28-23(33)22-29-18-4-2-3-5-19(18)30-22/h2-5,16-17H,6-15H2,1H3,(H,28,33)(H,29,30)/t16-,17-. The Labute approximate surface area is 207 Å². The summed E-state index contributed by atoms with van der Waals surface area (Å²) >= 11 is 1.39. The summed E-state index contributed by atoms with van der Waals surface area (Å²) in [5.41, 5.74) is 2.64. The van der Waals surface area contributed by atoms with Crippen molar-refractivity contribution in [3.05, 3.63) is 40.7 Å². The van der Waals surface area contributed by atoms with E-state index in [1.54, 1.807) is 0 Å². The highest BCUT2D eigenvalue weighted by atomic mass is 32.1. The van der Waals surface area contributed by atoms with Crippen molar-refractivity contribution in [1.82, 2.24) is 25.2 Å². The number of hydrogen-bond donors (Lipinski definition) is 2. The second kappa shape index (κ2) is 10.2. The molecule has 1 aliphatic heterocycles. The normalized spacial score (nSPS) is 21.1. The molecule has 1 saturated carbocycles. The van der Waals surface area contributed by atoms with Crippen molar-refractivity contribution in [1.29, 1.82) is 0 Å². The zero-order valence-electron chi connectivity index (χ0n) is 19.9. The van der Waals surface area contributed by atoms with E-state index < -0.39 is 12.5 Å². The second-order valence-electron chi connectivity index (χ2n) is 9.82. The van der Waals surface area contributed by atoms with Crippen LogP contribution in [-0.2, 0) is 13.0 Å². The van der Waals surface area contributed by atoms with Crippen LogP contribution in [0.15, 0.2) is 24.3 Å². The maximum Gasteiger partial charge on any atom is 0.287 e. The van der Waals surface area contributed by atoms with Crippen molar-refractivity contribution in [3.8, 4) is 5.19 Å². The molecule has 188 valence electrons. The zero-order valence-corrected chi connectivity index (χ0v) is 20.7. The lowest BCUT2D eigenvalue weighted by Gasteiger charge is -2.31. The number of hydrogen-bond acceptors (Lipinski definition) is 6. The van der Waals surface area contributed by atoms with E-state index in [0.29, 0.717) is 16.9 Å². The molecule has 3 aromatic rings. The SMILES string of the molecule is CC(F)(F)COc1nc2c(s1)CCN(CC[C@H]1CC[C@H](NC(=O)c3nc4ccccc4[nH]3)CC1)C2. The lowest BCUT2D eigenvalue weighted by molar-refractivity contribution is -0.0230. The average molecular weight is 504 g/mol. The fraction of sp³-hybridized carbons (Fsp3) is 0.560. The summed E-state index contributed by atoms with van der Waals surface area (Å²) < 4.78 is 31.3. The van der Waals surface area contributed by atoms with Crippen LogP contribution in [0.5, 0.6) is 5.19 Å². The van der Waals surface area contributed by atoms with Crippen LogP contribution in [0.3, 0.4) is 0 Å². The summed E-state index contributed by atoms with van der Waals surface area (Å²) in [6.45, 7) is 2.93. The van der Waals surface area contributed by atoms with Crippen LogP contribution in [0, 0.1) is 5.92 Å². The number of nitrogens with zero attached hydrogens (tertiary/aromatic N) is 3. The molecule has 0 atom stereocenters. The van der Waals surface area contributed by atoms with Crippen molar-refractivity contribution in [2.75, 3.05) is 19.7 Å². The number of benzene rings is 1. The number of H-pyrrole nitrogens is 1. The Hall–Kier alpha value is -2.59. The number of thiazole rings is 1. The number of nitrogens with one attached hydrogen (secondary N) is 2. The summed E-state index contributed by atoms with van der Waals surface area (Å²) in [5.74, 6) is -1.97. The van der Waals surface area contributed by atoms with Gasteiger partial charge in [-0.1, -0.05) is 23.5 Å². The molecule has 3 heterocycles. The predicted molar refractivity (Wildman–Crippen MR) is 131 cm³/mol. The van der Waals surface area contributed by atoms with Crippen LogP contribution in [-0.4, -0.2) is 57.4 Å². The number of rotatable bonds is 8. The molecule has 10 heteroatoms. The Morgan fingerprint density at radius 1 is 1.26 bits per heavy atom. The maximum absolute atomic E-state index is 13.1.